The molecule has 2 aliphatic rings. The Morgan fingerprint density at radius 2 is 1.88 bits per heavy atom. The van der Waals surface area contributed by atoms with Crippen LogP contribution < -0.4 is 15.0 Å². The fraction of sp³-hybridized carbons (Fsp3) is 0.438. The van der Waals surface area contributed by atoms with Crippen molar-refractivity contribution in [1.29, 1.82) is 0 Å². The van der Waals surface area contributed by atoms with Gasteiger partial charge >= 0.3 is 0 Å². The van der Waals surface area contributed by atoms with Gasteiger partial charge in [0, 0.05) is 49.0 Å². The molecular formula is C32H39FN2O6Si. The van der Waals surface area contributed by atoms with Crippen molar-refractivity contribution < 1.29 is 28.2 Å². The average Bonchev–Trinajstić information content (AvgIpc) is 2.98. The number of fused-ring (bicyclic) bond motifs is 2. The number of nitrogens with zero attached hydrogens (tertiary/aromatic N) is 2. The van der Waals surface area contributed by atoms with Gasteiger partial charge < -0.3 is 28.3 Å². The van der Waals surface area contributed by atoms with Gasteiger partial charge in [-0.3, -0.25) is 14.2 Å². The highest BCUT2D eigenvalue weighted by atomic mass is 28.4. The lowest BCUT2D eigenvalue weighted by molar-refractivity contribution is -0.136. The van der Waals surface area contributed by atoms with Crippen LogP contribution in [-0.2, 0) is 22.5 Å². The van der Waals surface area contributed by atoms with E-state index in [2.05, 4.69) is 0 Å². The Hall–Kier alpha value is -3.47. The molecule has 5 atom stereocenters. The summed E-state index contributed by atoms with van der Waals surface area (Å²) in [6.07, 6.45) is 1.16. The van der Waals surface area contributed by atoms with E-state index in [1.165, 1.54) is 11.7 Å². The number of carbonyl (C=O) groups excluding carboxylic acids is 1. The van der Waals surface area contributed by atoms with E-state index in [0.717, 1.165) is 16.7 Å². The molecule has 0 saturated heterocycles. The van der Waals surface area contributed by atoms with Crippen molar-refractivity contribution in [1.82, 2.24) is 9.47 Å². The number of ether oxygens (including phenoxy) is 3. The van der Waals surface area contributed by atoms with Crippen LogP contribution in [0.25, 0.3) is 5.69 Å². The summed E-state index contributed by atoms with van der Waals surface area (Å²) in [4.78, 5) is 28.4. The Morgan fingerprint density at radius 3 is 2.55 bits per heavy atom. The summed E-state index contributed by atoms with van der Waals surface area (Å²) in [5.41, 5.74) is 2.61. The molecule has 2 aromatic carbocycles. The van der Waals surface area contributed by atoms with Gasteiger partial charge in [-0.05, 0) is 61.0 Å². The summed E-state index contributed by atoms with van der Waals surface area (Å²) in [5.74, 6) is 0.304. The average molecular weight is 595 g/mol. The second-order valence-corrected chi connectivity index (χ2v) is 15.6. The number of methoxy groups -OCH3 is 2. The van der Waals surface area contributed by atoms with Crippen molar-refractivity contribution in [3.63, 3.8) is 0 Å². The number of amides is 1. The molecule has 0 saturated carbocycles. The molecule has 0 radical (unpaired) electrons. The Labute approximate surface area is 246 Å². The number of carbonyl (C=O) groups is 1. The van der Waals surface area contributed by atoms with Crippen molar-refractivity contribution in [2.45, 2.75) is 63.2 Å². The van der Waals surface area contributed by atoms with E-state index in [0.29, 0.717) is 24.4 Å². The molecule has 1 N–H and O–H groups in total. The lowest BCUT2D eigenvalue weighted by atomic mass is 9.86. The van der Waals surface area contributed by atoms with Crippen LogP contribution in [0.4, 0.5) is 4.11 Å². The molecule has 1 aromatic heterocycles. The van der Waals surface area contributed by atoms with Crippen LogP contribution in [0.15, 0.2) is 65.6 Å². The maximum Gasteiger partial charge on any atom is 0.297 e. The van der Waals surface area contributed by atoms with Crippen LogP contribution in [0.2, 0.25) is 18.6 Å². The number of aliphatic hydroxyl groups excluding tert-OH is 1. The van der Waals surface area contributed by atoms with Crippen LogP contribution in [0.3, 0.4) is 0 Å². The SMILES string of the molecule is COc1cccn(-c2ccc3c(c2)[C@H](OC)[C@@H](C)[C@H](C(CC(=O)N2Cc4ccccc4C[C@H]2CO)[Si](C)(C)F)O3)c1=O. The van der Waals surface area contributed by atoms with Crippen molar-refractivity contribution in [2.75, 3.05) is 20.8 Å². The maximum absolute atomic E-state index is 16.1. The van der Waals surface area contributed by atoms with Gasteiger partial charge in [-0.15, -0.1) is 0 Å². The molecule has 224 valence electrons. The summed E-state index contributed by atoms with van der Waals surface area (Å²) in [6.45, 7) is 5.42. The topological polar surface area (TPSA) is 90.2 Å². The van der Waals surface area contributed by atoms with Crippen LogP contribution in [-0.4, -0.2) is 61.9 Å². The summed E-state index contributed by atoms with van der Waals surface area (Å²) < 4.78 is 35.3. The summed E-state index contributed by atoms with van der Waals surface area (Å²) in [5, 5.41) is 10.1. The van der Waals surface area contributed by atoms with Crippen LogP contribution in [0.5, 0.6) is 11.5 Å². The van der Waals surface area contributed by atoms with Gasteiger partial charge in [-0.1, -0.05) is 31.2 Å². The van der Waals surface area contributed by atoms with Gasteiger partial charge in [0.05, 0.1) is 25.9 Å². The predicted octanol–water partition coefficient (Wildman–Crippen LogP) is 4.81. The molecule has 2 aliphatic heterocycles. The first-order valence-electron chi connectivity index (χ1n) is 14.3. The predicted molar refractivity (Wildman–Crippen MR) is 160 cm³/mol. The Morgan fingerprint density at radius 1 is 1.14 bits per heavy atom. The third-order valence-corrected chi connectivity index (χ3v) is 11.1. The largest absolute Gasteiger partial charge is 0.491 e. The Balaban J connectivity index is 1.45. The third kappa shape index (κ3) is 5.63. The molecule has 8 nitrogen and oxygen atoms in total. The van der Waals surface area contributed by atoms with Gasteiger partial charge in [0.25, 0.3) is 5.56 Å². The van der Waals surface area contributed by atoms with E-state index in [1.54, 1.807) is 55.6 Å². The molecule has 0 spiro atoms. The van der Waals surface area contributed by atoms with Gasteiger partial charge in [0.15, 0.2) is 5.75 Å². The number of pyridine rings is 1. The second-order valence-electron chi connectivity index (χ2n) is 11.8. The normalized spacial score (nSPS) is 22.5. The minimum absolute atomic E-state index is 0.0214. The number of aliphatic hydroxyl groups is 1. The van der Waals surface area contributed by atoms with E-state index in [4.69, 9.17) is 14.2 Å². The van der Waals surface area contributed by atoms with Crippen molar-refractivity contribution in [2.24, 2.45) is 5.92 Å². The lowest BCUT2D eigenvalue weighted by Crippen LogP contribution is -2.50. The van der Waals surface area contributed by atoms with E-state index < -0.39 is 26.2 Å². The highest BCUT2D eigenvalue weighted by molar-refractivity contribution is 6.72. The van der Waals surface area contributed by atoms with E-state index in [-0.39, 0.29) is 42.2 Å². The highest BCUT2D eigenvalue weighted by Crippen LogP contribution is 2.48. The van der Waals surface area contributed by atoms with Crippen molar-refractivity contribution in [3.05, 3.63) is 87.8 Å². The number of halogens is 1. The minimum atomic E-state index is -3.44. The fourth-order valence-corrected chi connectivity index (χ4v) is 8.26. The van der Waals surface area contributed by atoms with Gasteiger partial charge in [-0.2, -0.15) is 0 Å². The first-order valence-corrected chi connectivity index (χ1v) is 17.3. The number of hydrogen-bond acceptors (Lipinski definition) is 6. The summed E-state index contributed by atoms with van der Waals surface area (Å²) in [7, 11) is -0.383. The Kier molecular flexibility index (Phi) is 8.59. The molecule has 3 heterocycles. The molecule has 0 bridgehead atoms. The van der Waals surface area contributed by atoms with E-state index in [9.17, 15) is 14.7 Å². The monoisotopic (exact) mass is 594 g/mol. The summed E-state index contributed by atoms with van der Waals surface area (Å²) in [6, 6.07) is 16.3. The van der Waals surface area contributed by atoms with E-state index >= 15 is 4.11 Å². The minimum Gasteiger partial charge on any atom is -0.491 e. The fourth-order valence-electron chi connectivity index (χ4n) is 6.45. The summed E-state index contributed by atoms with van der Waals surface area (Å²) >= 11 is 0. The first kappa shape index (κ1) is 30.0. The standard InChI is InChI=1S/C32H39FN2O6Si/c1-20-30(40-3)25-16-23(34-14-8-11-27(39-2)32(34)38)12-13-26(25)41-31(20)28(42(4,5)33)17-29(37)35-18-22-10-7-6-9-21(22)15-24(35)19-36/h6-14,16,20,24,28,30-31,36H,15,17-19H2,1-5H3/t20-,24+,28?,30-,31-/m1/s1. The number of hydrogen-bond donors (Lipinski definition) is 1. The van der Waals surface area contributed by atoms with E-state index in [1.807, 2.05) is 37.3 Å². The first-order chi connectivity index (χ1) is 20.1. The van der Waals surface area contributed by atoms with Gasteiger partial charge in [0.2, 0.25) is 14.3 Å². The number of aromatic nitrogens is 1. The molecule has 1 amide bonds. The number of rotatable bonds is 8. The Bertz CT molecular complexity index is 1500. The molecule has 3 aromatic rings. The number of benzene rings is 2. The second kappa shape index (κ2) is 12.0. The van der Waals surface area contributed by atoms with Gasteiger partial charge in [-0.25, -0.2) is 0 Å². The third-order valence-electron chi connectivity index (χ3n) is 8.78. The van der Waals surface area contributed by atoms with Crippen molar-refractivity contribution in [3.8, 4) is 17.2 Å². The van der Waals surface area contributed by atoms with Gasteiger partial charge in [0.1, 0.15) is 11.9 Å². The van der Waals surface area contributed by atoms with Crippen molar-refractivity contribution >= 4 is 14.3 Å². The molecular weight excluding hydrogens is 555 g/mol. The zero-order valence-electron chi connectivity index (χ0n) is 24.7. The zero-order chi connectivity index (χ0) is 30.2. The molecule has 5 rings (SSSR count). The van der Waals surface area contributed by atoms with Crippen LogP contribution >= 0.6 is 0 Å². The smallest absolute Gasteiger partial charge is 0.297 e. The lowest BCUT2D eigenvalue weighted by Gasteiger charge is -2.44. The maximum atomic E-state index is 16.1. The molecule has 1 unspecified atom stereocenters. The highest BCUT2D eigenvalue weighted by Gasteiger charge is 2.49. The molecule has 0 aliphatic carbocycles. The molecule has 10 heteroatoms. The molecule has 42 heavy (non-hydrogen) atoms. The zero-order valence-corrected chi connectivity index (χ0v) is 25.7. The van der Waals surface area contributed by atoms with Crippen LogP contribution in [0.1, 0.15) is 36.1 Å². The van der Waals surface area contributed by atoms with Crippen LogP contribution in [0, 0.1) is 5.92 Å². The quantitative estimate of drug-likeness (QED) is 0.297. The molecule has 0 fully saturated rings.